The molecule has 2 aromatic heterocycles. The average Bonchev–Trinajstić information content (AvgIpc) is 2.33. The largest absolute Gasteiger partial charge is 0.306 e. The minimum Gasteiger partial charge on any atom is -0.306 e. The minimum atomic E-state index is -0.267. The van der Waals surface area contributed by atoms with E-state index < -0.39 is 0 Å². The summed E-state index contributed by atoms with van der Waals surface area (Å²) < 4.78 is 0.867. The normalized spacial score (nSPS) is 10.2. The first-order valence-corrected chi connectivity index (χ1v) is 6.28. The number of amides is 1. The number of aromatic nitrogens is 2. The van der Waals surface area contributed by atoms with Crippen molar-refractivity contribution >= 4 is 39.3 Å². The van der Waals surface area contributed by atoms with Gasteiger partial charge in [0.15, 0.2) is 0 Å². The summed E-state index contributed by atoms with van der Waals surface area (Å²) in [4.78, 5) is 19.9. The summed E-state index contributed by atoms with van der Waals surface area (Å²) in [6, 6.07) is 5.06. The predicted octanol–water partition coefficient (Wildman–Crippen LogP) is 3.45. The molecular formula is C12H9BrClN3O. The molecule has 0 unspecified atom stereocenters. The van der Waals surface area contributed by atoms with Crippen LogP contribution in [0.4, 0.5) is 5.82 Å². The van der Waals surface area contributed by atoms with Gasteiger partial charge >= 0.3 is 0 Å². The number of carbonyl (C=O) groups excluding carboxylic acids is 1. The van der Waals surface area contributed by atoms with E-state index >= 15 is 0 Å². The molecule has 0 aliphatic rings. The molecule has 2 rings (SSSR count). The van der Waals surface area contributed by atoms with E-state index in [1.54, 1.807) is 18.3 Å². The van der Waals surface area contributed by atoms with Crippen LogP contribution in [0.5, 0.6) is 0 Å². The fourth-order valence-corrected chi connectivity index (χ4v) is 1.92. The van der Waals surface area contributed by atoms with Gasteiger partial charge in [-0.25, -0.2) is 9.97 Å². The second kappa shape index (κ2) is 5.46. The Labute approximate surface area is 118 Å². The molecule has 0 radical (unpaired) electrons. The summed E-state index contributed by atoms with van der Waals surface area (Å²) in [6.07, 6.45) is 3.05. The fourth-order valence-electron chi connectivity index (χ4n) is 1.36. The summed E-state index contributed by atoms with van der Waals surface area (Å²) in [7, 11) is 0. The lowest BCUT2D eigenvalue weighted by Gasteiger charge is -2.07. The molecule has 0 aromatic carbocycles. The van der Waals surface area contributed by atoms with E-state index in [2.05, 4.69) is 31.2 Å². The average molecular weight is 327 g/mol. The first-order valence-electron chi connectivity index (χ1n) is 5.11. The van der Waals surface area contributed by atoms with Gasteiger partial charge in [0.1, 0.15) is 11.0 Å². The molecule has 0 bridgehead atoms. The summed E-state index contributed by atoms with van der Waals surface area (Å²) >= 11 is 8.97. The zero-order chi connectivity index (χ0) is 13.1. The zero-order valence-corrected chi connectivity index (χ0v) is 11.8. The van der Waals surface area contributed by atoms with Gasteiger partial charge in [-0.3, -0.25) is 4.79 Å². The second-order valence-corrected chi connectivity index (χ2v) is 4.95. The van der Waals surface area contributed by atoms with E-state index in [0.717, 1.165) is 10.0 Å². The standard InChI is InChI=1S/C12H9BrClN3O/c1-7-4-9(13)6-16-11(7)17-12(18)8-2-3-10(14)15-5-8/h2-6H,1H3,(H,16,17,18). The number of anilines is 1. The van der Waals surface area contributed by atoms with Crippen molar-refractivity contribution in [2.24, 2.45) is 0 Å². The van der Waals surface area contributed by atoms with Gasteiger partial charge in [0.25, 0.3) is 5.91 Å². The first kappa shape index (κ1) is 13.0. The number of nitrogens with zero attached hydrogens (tertiary/aromatic N) is 2. The molecular weight excluding hydrogens is 318 g/mol. The van der Waals surface area contributed by atoms with Crippen LogP contribution in [0.3, 0.4) is 0 Å². The first-order chi connectivity index (χ1) is 8.56. The van der Waals surface area contributed by atoms with Crippen molar-refractivity contribution in [3.05, 3.63) is 51.3 Å². The highest BCUT2D eigenvalue weighted by atomic mass is 79.9. The van der Waals surface area contributed by atoms with E-state index in [4.69, 9.17) is 11.6 Å². The minimum absolute atomic E-state index is 0.267. The van der Waals surface area contributed by atoms with Gasteiger partial charge in [-0.15, -0.1) is 0 Å². The molecule has 2 heterocycles. The van der Waals surface area contributed by atoms with Gasteiger partial charge in [0.05, 0.1) is 5.56 Å². The molecule has 92 valence electrons. The predicted molar refractivity (Wildman–Crippen MR) is 73.9 cm³/mol. The quantitative estimate of drug-likeness (QED) is 0.860. The third kappa shape index (κ3) is 3.05. The molecule has 2 aromatic rings. The Kier molecular flexibility index (Phi) is 3.93. The topological polar surface area (TPSA) is 54.9 Å². The number of carbonyl (C=O) groups is 1. The molecule has 0 saturated heterocycles. The summed E-state index contributed by atoms with van der Waals surface area (Å²) in [5.41, 5.74) is 1.31. The van der Waals surface area contributed by atoms with Gasteiger partial charge in [-0.2, -0.15) is 0 Å². The van der Waals surface area contributed by atoms with E-state index in [-0.39, 0.29) is 5.91 Å². The Bertz CT molecular complexity index is 586. The van der Waals surface area contributed by atoms with Gasteiger partial charge in [0, 0.05) is 16.9 Å². The zero-order valence-electron chi connectivity index (χ0n) is 9.45. The lowest BCUT2D eigenvalue weighted by atomic mass is 10.2. The van der Waals surface area contributed by atoms with Crippen LogP contribution >= 0.6 is 27.5 Å². The lowest BCUT2D eigenvalue weighted by molar-refractivity contribution is 0.102. The van der Waals surface area contributed by atoms with Crippen LogP contribution < -0.4 is 5.32 Å². The molecule has 0 aliphatic heterocycles. The lowest BCUT2D eigenvalue weighted by Crippen LogP contribution is -2.14. The number of rotatable bonds is 2. The molecule has 0 fully saturated rings. The maximum absolute atomic E-state index is 11.9. The number of hydrogen-bond acceptors (Lipinski definition) is 3. The maximum Gasteiger partial charge on any atom is 0.258 e. The summed E-state index contributed by atoms with van der Waals surface area (Å²) in [5.74, 6) is 0.259. The van der Waals surface area contributed by atoms with Crippen molar-refractivity contribution in [3.63, 3.8) is 0 Å². The van der Waals surface area contributed by atoms with Crippen LogP contribution in [0.25, 0.3) is 0 Å². The van der Waals surface area contributed by atoms with Crippen molar-refractivity contribution in [1.82, 2.24) is 9.97 Å². The van der Waals surface area contributed by atoms with Crippen molar-refractivity contribution < 1.29 is 4.79 Å². The van der Waals surface area contributed by atoms with Crippen LogP contribution in [-0.2, 0) is 0 Å². The molecule has 6 heteroatoms. The molecule has 0 atom stereocenters. The van der Waals surface area contributed by atoms with Crippen molar-refractivity contribution in [2.75, 3.05) is 5.32 Å². The number of halogens is 2. The van der Waals surface area contributed by atoms with E-state index in [1.165, 1.54) is 6.20 Å². The number of pyridine rings is 2. The highest BCUT2D eigenvalue weighted by molar-refractivity contribution is 9.10. The van der Waals surface area contributed by atoms with Crippen molar-refractivity contribution in [1.29, 1.82) is 0 Å². The third-order valence-corrected chi connectivity index (χ3v) is 2.92. The monoisotopic (exact) mass is 325 g/mol. The van der Waals surface area contributed by atoms with Gasteiger partial charge in [-0.05, 0) is 46.6 Å². The summed E-state index contributed by atoms with van der Waals surface area (Å²) in [6.45, 7) is 1.87. The van der Waals surface area contributed by atoms with E-state index in [1.807, 2.05) is 13.0 Å². The fraction of sp³-hybridized carbons (Fsp3) is 0.0833. The van der Waals surface area contributed by atoms with Gasteiger partial charge in [-0.1, -0.05) is 11.6 Å². The Morgan fingerprint density at radius 1 is 1.33 bits per heavy atom. The Morgan fingerprint density at radius 3 is 2.72 bits per heavy atom. The van der Waals surface area contributed by atoms with Gasteiger partial charge in [0.2, 0.25) is 0 Å². The smallest absolute Gasteiger partial charge is 0.258 e. The number of hydrogen-bond donors (Lipinski definition) is 1. The summed E-state index contributed by atoms with van der Waals surface area (Å²) in [5, 5.41) is 3.07. The van der Waals surface area contributed by atoms with Crippen molar-refractivity contribution in [2.45, 2.75) is 6.92 Å². The maximum atomic E-state index is 11.9. The highest BCUT2D eigenvalue weighted by Gasteiger charge is 2.09. The van der Waals surface area contributed by atoms with Crippen LogP contribution in [0.2, 0.25) is 5.15 Å². The number of aryl methyl sites for hydroxylation is 1. The molecule has 0 aliphatic carbocycles. The molecule has 1 amide bonds. The van der Waals surface area contributed by atoms with E-state index in [9.17, 15) is 4.79 Å². The Morgan fingerprint density at radius 2 is 2.11 bits per heavy atom. The van der Waals surface area contributed by atoms with Crippen LogP contribution in [0, 0.1) is 6.92 Å². The molecule has 4 nitrogen and oxygen atoms in total. The SMILES string of the molecule is Cc1cc(Br)cnc1NC(=O)c1ccc(Cl)nc1. The van der Waals surface area contributed by atoms with Crippen LogP contribution in [-0.4, -0.2) is 15.9 Å². The van der Waals surface area contributed by atoms with Crippen LogP contribution in [0.1, 0.15) is 15.9 Å². The van der Waals surface area contributed by atoms with Crippen LogP contribution in [0.15, 0.2) is 35.1 Å². The molecule has 0 spiro atoms. The highest BCUT2D eigenvalue weighted by Crippen LogP contribution is 2.17. The molecule has 1 N–H and O–H groups in total. The number of nitrogens with one attached hydrogen (secondary N) is 1. The van der Waals surface area contributed by atoms with E-state index in [0.29, 0.717) is 16.5 Å². The third-order valence-electron chi connectivity index (χ3n) is 2.27. The Balaban J connectivity index is 2.18. The second-order valence-electron chi connectivity index (χ2n) is 3.64. The van der Waals surface area contributed by atoms with Crippen molar-refractivity contribution in [3.8, 4) is 0 Å². The van der Waals surface area contributed by atoms with Gasteiger partial charge < -0.3 is 5.32 Å². The molecule has 18 heavy (non-hydrogen) atoms. The molecule has 0 saturated carbocycles. The Hall–Kier alpha value is -1.46.